The average Bonchev–Trinajstić information content (AvgIpc) is 2.62. The lowest BCUT2D eigenvalue weighted by molar-refractivity contribution is 0.297. The monoisotopic (exact) mass is 384 g/mol. The van der Waals surface area contributed by atoms with E-state index in [-0.39, 0.29) is 17.9 Å². The molecule has 0 nitrogen and oxygen atoms in total. The van der Waals surface area contributed by atoms with Crippen LogP contribution in [0.3, 0.4) is 0 Å². The number of halogens is 3. The Morgan fingerprint density at radius 3 is 2.23 bits per heavy atom. The van der Waals surface area contributed by atoms with Crippen LogP contribution in [0, 0.1) is 11.6 Å². The van der Waals surface area contributed by atoms with E-state index in [0.29, 0.717) is 6.42 Å². The maximum Gasteiger partial charge on any atom is 0.129 e. The summed E-state index contributed by atoms with van der Waals surface area (Å²) in [5.41, 5.74) is 0.719. The van der Waals surface area contributed by atoms with Crippen LogP contribution in [0.2, 0.25) is 18.1 Å². The summed E-state index contributed by atoms with van der Waals surface area (Å²) in [6.45, 7) is 4.35. The third kappa shape index (κ3) is 6.44. The molecule has 1 aliphatic heterocycles. The van der Waals surface area contributed by atoms with Crippen molar-refractivity contribution >= 4 is 8.80 Å². The molecule has 0 N–H and O–H groups in total. The summed E-state index contributed by atoms with van der Waals surface area (Å²) in [4.78, 5) is 0. The number of alkyl halides is 1. The van der Waals surface area contributed by atoms with Crippen LogP contribution in [-0.2, 0) is 6.42 Å². The lowest BCUT2D eigenvalue weighted by Crippen LogP contribution is -2.20. The van der Waals surface area contributed by atoms with E-state index in [1.807, 2.05) is 0 Å². The molecule has 148 valence electrons. The molecule has 4 heteroatoms. The number of hydrogen-bond donors (Lipinski definition) is 0. The van der Waals surface area contributed by atoms with E-state index in [2.05, 4.69) is 13.8 Å². The second-order valence-corrected chi connectivity index (χ2v) is 11.6. The van der Waals surface area contributed by atoms with Crippen molar-refractivity contribution in [3.8, 4) is 0 Å². The molecule has 0 aromatic heterocycles. The smallest absolute Gasteiger partial charge is 0.129 e. The van der Waals surface area contributed by atoms with Gasteiger partial charge in [0.25, 0.3) is 0 Å². The molecule has 1 heterocycles. The van der Waals surface area contributed by atoms with Crippen molar-refractivity contribution in [3.63, 3.8) is 0 Å². The molecule has 0 spiro atoms. The summed E-state index contributed by atoms with van der Waals surface area (Å²) < 4.78 is 43.1. The highest BCUT2D eigenvalue weighted by atomic mass is 28.3. The molecule has 1 aliphatic rings. The predicted octanol–water partition coefficient (Wildman–Crippen LogP) is 7.33. The van der Waals surface area contributed by atoms with E-state index in [4.69, 9.17) is 0 Å². The minimum Gasteiger partial charge on any atom is -0.247 e. The molecule has 1 fully saturated rings. The summed E-state index contributed by atoms with van der Waals surface area (Å²) in [5, 5.41) is 0. The number of benzene rings is 1. The molecule has 1 atom stereocenters. The summed E-state index contributed by atoms with van der Waals surface area (Å²) in [7, 11) is -0.596. The number of rotatable bonds is 10. The van der Waals surface area contributed by atoms with E-state index < -0.39 is 26.6 Å². The van der Waals surface area contributed by atoms with Gasteiger partial charge in [-0.1, -0.05) is 64.1 Å². The minimum absolute atomic E-state index is 0.0641. The first-order chi connectivity index (χ1) is 12.5. The van der Waals surface area contributed by atoms with Gasteiger partial charge in [-0.25, -0.2) is 13.2 Å². The molecule has 1 aromatic rings. The third-order valence-corrected chi connectivity index (χ3v) is 9.67. The molecule has 2 rings (SSSR count). The van der Waals surface area contributed by atoms with Crippen LogP contribution in [0.15, 0.2) is 12.1 Å². The Hall–Kier alpha value is -0.773. The first-order valence-electron chi connectivity index (χ1n) is 10.7. The van der Waals surface area contributed by atoms with Crippen molar-refractivity contribution in [1.82, 2.24) is 0 Å². The zero-order valence-electron chi connectivity index (χ0n) is 16.5. The molecular formula is C22H35F3Si. The highest BCUT2D eigenvalue weighted by molar-refractivity contribution is 6.59. The zero-order chi connectivity index (χ0) is 18.9. The Bertz CT molecular complexity index is 515. The Kier molecular flexibility index (Phi) is 9.24. The van der Waals surface area contributed by atoms with Crippen LogP contribution in [0.1, 0.15) is 82.3 Å². The van der Waals surface area contributed by atoms with Crippen molar-refractivity contribution in [2.24, 2.45) is 0 Å². The average molecular weight is 385 g/mol. The highest BCUT2D eigenvalue weighted by Crippen LogP contribution is 2.36. The van der Waals surface area contributed by atoms with Crippen molar-refractivity contribution in [2.45, 2.75) is 102 Å². The minimum atomic E-state index is -1.16. The fourth-order valence-electron chi connectivity index (χ4n) is 4.36. The van der Waals surface area contributed by atoms with Gasteiger partial charge in [0.2, 0.25) is 0 Å². The van der Waals surface area contributed by atoms with Gasteiger partial charge in [-0.2, -0.15) is 0 Å². The predicted molar refractivity (Wildman–Crippen MR) is 108 cm³/mol. The van der Waals surface area contributed by atoms with Crippen molar-refractivity contribution in [1.29, 1.82) is 0 Å². The maximum absolute atomic E-state index is 14.5. The van der Waals surface area contributed by atoms with E-state index >= 15 is 0 Å². The SMILES string of the molecule is CCCCCC[C@H](F)Cc1c(F)cc(C2CC[SiH](CCC)CC2)cc1F. The summed E-state index contributed by atoms with van der Waals surface area (Å²) in [6, 6.07) is 6.93. The van der Waals surface area contributed by atoms with Crippen LogP contribution in [-0.4, -0.2) is 15.0 Å². The topological polar surface area (TPSA) is 0 Å². The summed E-state index contributed by atoms with van der Waals surface area (Å²) >= 11 is 0. The highest BCUT2D eigenvalue weighted by Gasteiger charge is 2.25. The molecule has 0 unspecified atom stereocenters. The van der Waals surface area contributed by atoms with Gasteiger partial charge in [-0.05, 0) is 42.9 Å². The van der Waals surface area contributed by atoms with Crippen LogP contribution < -0.4 is 0 Å². The molecule has 0 saturated carbocycles. The van der Waals surface area contributed by atoms with Gasteiger partial charge in [0, 0.05) is 20.8 Å². The van der Waals surface area contributed by atoms with Crippen LogP contribution in [0.25, 0.3) is 0 Å². The van der Waals surface area contributed by atoms with Gasteiger partial charge >= 0.3 is 0 Å². The van der Waals surface area contributed by atoms with E-state index in [1.165, 1.54) is 36.7 Å². The molecule has 1 saturated heterocycles. The Balaban J connectivity index is 1.93. The quantitative estimate of drug-likeness (QED) is 0.292. The normalized spacial score (nSPS) is 21.7. The fraction of sp³-hybridized carbons (Fsp3) is 0.727. The molecule has 0 bridgehead atoms. The Labute approximate surface area is 159 Å². The number of unbranched alkanes of at least 4 members (excludes halogenated alkanes) is 3. The second-order valence-electron chi connectivity index (χ2n) is 8.12. The maximum atomic E-state index is 14.5. The molecule has 0 radical (unpaired) electrons. The van der Waals surface area contributed by atoms with Crippen LogP contribution in [0.4, 0.5) is 13.2 Å². The van der Waals surface area contributed by atoms with Gasteiger partial charge in [0.1, 0.15) is 17.8 Å². The van der Waals surface area contributed by atoms with Crippen molar-refractivity contribution in [3.05, 3.63) is 34.9 Å². The first kappa shape index (κ1) is 21.5. The van der Waals surface area contributed by atoms with Gasteiger partial charge in [-0.3, -0.25) is 0 Å². The third-order valence-electron chi connectivity index (χ3n) is 5.97. The second kappa shape index (κ2) is 11.2. The first-order valence-corrected chi connectivity index (χ1v) is 13.1. The van der Waals surface area contributed by atoms with Crippen LogP contribution in [0.5, 0.6) is 0 Å². The molecule has 0 aliphatic carbocycles. The lowest BCUT2D eigenvalue weighted by Gasteiger charge is -2.28. The number of hydrogen-bond acceptors (Lipinski definition) is 0. The molecule has 1 aromatic carbocycles. The largest absolute Gasteiger partial charge is 0.247 e. The Morgan fingerprint density at radius 2 is 1.65 bits per heavy atom. The van der Waals surface area contributed by atoms with Crippen molar-refractivity contribution < 1.29 is 13.2 Å². The standard InChI is InChI=1S/C22H35F3Si/c1-3-5-6-7-8-19(23)16-20-21(24)14-18(15-22(20)25)17-9-12-26(11-4-2)13-10-17/h14-15,17,19,26H,3-13,16H2,1-2H3/t17?,19-,26?/m0/s1. The van der Waals surface area contributed by atoms with Crippen molar-refractivity contribution in [2.75, 3.05) is 0 Å². The van der Waals surface area contributed by atoms with E-state index in [0.717, 1.165) is 44.1 Å². The van der Waals surface area contributed by atoms with Gasteiger partial charge in [0.05, 0.1) is 0 Å². The molecule has 0 amide bonds. The van der Waals surface area contributed by atoms with E-state index in [1.54, 1.807) is 0 Å². The van der Waals surface area contributed by atoms with Gasteiger partial charge in [-0.15, -0.1) is 0 Å². The molecular weight excluding hydrogens is 349 g/mol. The van der Waals surface area contributed by atoms with E-state index in [9.17, 15) is 13.2 Å². The zero-order valence-corrected chi connectivity index (χ0v) is 17.7. The van der Waals surface area contributed by atoms with Crippen LogP contribution >= 0.6 is 0 Å². The Morgan fingerprint density at radius 1 is 1.00 bits per heavy atom. The fourth-order valence-corrected chi connectivity index (χ4v) is 7.79. The molecule has 26 heavy (non-hydrogen) atoms. The summed E-state index contributed by atoms with van der Waals surface area (Å²) in [6.07, 6.45) is 6.48. The van der Waals surface area contributed by atoms with Gasteiger partial charge < -0.3 is 0 Å². The lowest BCUT2D eigenvalue weighted by atomic mass is 9.91. The summed E-state index contributed by atoms with van der Waals surface area (Å²) in [5.74, 6) is -0.822. The van der Waals surface area contributed by atoms with Gasteiger partial charge in [0.15, 0.2) is 0 Å².